The van der Waals surface area contributed by atoms with Gasteiger partial charge >= 0.3 is 0 Å². The van der Waals surface area contributed by atoms with Crippen LogP contribution in [-0.2, 0) is 0 Å². The van der Waals surface area contributed by atoms with E-state index in [2.05, 4.69) is 0 Å². The predicted molar refractivity (Wildman–Crippen MR) is 53.9 cm³/mol. The van der Waals surface area contributed by atoms with Crippen LogP contribution in [0.25, 0.3) is 10.1 Å². The molecule has 2 aromatic rings. The van der Waals surface area contributed by atoms with E-state index in [1.54, 1.807) is 7.11 Å². The molecule has 1 aromatic carbocycles. The molecule has 0 fully saturated rings. The molecule has 1 nitrogen and oxygen atoms in total. The van der Waals surface area contributed by atoms with Gasteiger partial charge < -0.3 is 0 Å². The van der Waals surface area contributed by atoms with Crippen LogP contribution in [0.2, 0.25) is 5.02 Å². The predicted octanol–water partition coefficient (Wildman–Crippen LogP) is 3.30. The summed E-state index contributed by atoms with van der Waals surface area (Å²) < 4.78 is 6.39. The average Bonchev–Trinajstić information content (AvgIpc) is 2.49. The summed E-state index contributed by atoms with van der Waals surface area (Å²) in [4.78, 5) is 0. The molecular weight excluding hydrogens is 192 g/mol. The molecule has 0 saturated heterocycles. The summed E-state index contributed by atoms with van der Waals surface area (Å²) in [5.74, 6) is 0. The first-order valence-electron chi connectivity index (χ1n) is 3.57. The molecule has 1 heterocycles. The molecule has 0 aliphatic carbocycles. The Labute approximate surface area is 78.7 Å². The number of halogens is 1. The summed E-state index contributed by atoms with van der Waals surface area (Å²) in [6.07, 6.45) is 0. The minimum absolute atomic E-state index is 0.233. The second kappa shape index (κ2) is 3.05. The summed E-state index contributed by atoms with van der Waals surface area (Å²) >= 11 is 6.03. The maximum Gasteiger partial charge on any atom is 0.235 e. The lowest BCUT2D eigenvalue weighted by Gasteiger charge is -1.88. The van der Waals surface area contributed by atoms with E-state index in [-0.39, 0.29) is 10.8 Å². The van der Waals surface area contributed by atoms with Gasteiger partial charge in [-0.05, 0) is 12.1 Å². The van der Waals surface area contributed by atoms with E-state index in [0.29, 0.717) is 0 Å². The Morgan fingerprint density at radius 1 is 1.33 bits per heavy atom. The molecule has 0 spiro atoms. The van der Waals surface area contributed by atoms with Gasteiger partial charge in [-0.25, -0.2) is 0 Å². The summed E-state index contributed by atoms with van der Waals surface area (Å²) in [6.45, 7) is 0. The minimum atomic E-state index is -0.233. The molecule has 12 heavy (non-hydrogen) atoms. The monoisotopic (exact) mass is 199 g/mol. The van der Waals surface area contributed by atoms with Crippen LogP contribution in [0.15, 0.2) is 29.6 Å². The van der Waals surface area contributed by atoms with Gasteiger partial charge in [-0.15, -0.1) is 0 Å². The Hall–Kier alpha value is -0.570. The van der Waals surface area contributed by atoms with Crippen LogP contribution in [0.1, 0.15) is 0 Å². The van der Waals surface area contributed by atoms with Gasteiger partial charge in [0.1, 0.15) is 5.02 Å². The molecule has 0 radical (unpaired) electrons. The maximum absolute atomic E-state index is 6.03. The van der Waals surface area contributed by atoms with Crippen molar-refractivity contribution in [2.24, 2.45) is 0 Å². The van der Waals surface area contributed by atoms with Crippen molar-refractivity contribution >= 4 is 32.4 Å². The van der Waals surface area contributed by atoms with E-state index in [1.807, 2.05) is 29.6 Å². The largest absolute Gasteiger partial charge is 0.235 e. The van der Waals surface area contributed by atoms with Crippen molar-refractivity contribution in [1.82, 2.24) is 0 Å². The fourth-order valence-electron chi connectivity index (χ4n) is 1.21. The topological polar surface area (TPSA) is 9.23 Å². The number of hydrogen-bond donors (Lipinski definition) is 0. The van der Waals surface area contributed by atoms with Crippen LogP contribution in [0.5, 0.6) is 0 Å². The van der Waals surface area contributed by atoms with Gasteiger partial charge in [-0.1, -0.05) is 17.7 Å². The molecule has 0 aliphatic heterocycles. The Morgan fingerprint density at radius 2 is 2.17 bits per heavy atom. The highest BCUT2D eigenvalue weighted by atomic mass is 35.5. The van der Waals surface area contributed by atoms with Gasteiger partial charge in [-0.3, -0.25) is 0 Å². The first-order valence-corrected chi connectivity index (χ1v) is 5.16. The summed E-state index contributed by atoms with van der Waals surface area (Å²) in [7, 11) is 1.47. The lowest BCUT2D eigenvalue weighted by Crippen LogP contribution is -1.77. The lowest BCUT2D eigenvalue weighted by atomic mass is 10.3. The summed E-state index contributed by atoms with van der Waals surface area (Å²) in [5.41, 5.74) is 0. The smallest absolute Gasteiger partial charge is 0.153 e. The van der Waals surface area contributed by atoms with Gasteiger partial charge in [0.2, 0.25) is 4.70 Å². The maximum atomic E-state index is 6.03. The van der Waals surface area contributed by atoms with Crippen molar-refractivity contribution < 1.29 is 4.18 Å². The second-order valence-electron chi connectivity index (χ2n) is 2.43. The highest BCUT2D eigenvalue weighted by Crippen LogP contribution is 2.34. The summed E-state index contributed by atoms with van der Waals surface area (Å²) in [6, 6.07) is 7.94. The van der Waals surface area contributed by atoms with Gasteiger partial charge in [0.25, 0.3) is 0 Å². The molecule has 0 amide bonds. The van der Waals surface area contributed by atoms with Crippen LogP contribution < -0.4 is 4.18 Å². The molecule has 1 aromatic heterocycles. The lowest BCUT2D eigenvalue weighted by molar-refractivity contribution is 0.552. The normalized spacial score (nSPS) is 12.3. The summed E-state index contributed by atoms with van der Waals surface area (Å²) in [5, 5.41) is 4.01. The molecule has 2 rings (SSSR count). The zero-order valence-corrected chi connectivity index (χ0v) is 8.15. The second-order valence-corrected chi connectivity index (χ2v) is 4.44. The molecule has 1 atom stereocenters. The van der Waals surface area contributed by atoms with Crippen LogP contribution in [0, 0.1) is 0 Å². The van der Waals surface area contributed by atoms with Crippen molar-refractivity contribution in [2.75, 3.05) is 7.11 Å². The molecule has 0 bridgehead atoms. The standard InChI is InChI=1S/C9H8ClOS/c1-11-12-6-5-7-3-2-4-8(10)9(7)12/h2-6H,1H3/q+1. The number of thiophene rings is 1. The molecule has 0 saturated carbocycles. The Balaban J connectivity index is 2.83. The minimum Gasteiger partial charge on any atom is -0.153 e. The van der Waals surface area contributed by atoms with Gasteiger partial charge in [0.15, 0.2) is 16.1 Å². The molecule has 1 unspecified atom stereocenters. The highest BCUT2D eigenvalue weighted by Gasteiger charge is 2.15. The third kappa shape index (κ3) is 1.12. The third-order valence-corrected chi connectivity index (χ3v) is 3.78. The van der Waals surface area contributed by atoms with Crippen molar-refractivity contribution in [1.29, 1.82) is 0 Å². The molecular formula is C9H8ClOS+. The van der Waals surface area contributed by atoms with E-state index in [4.69, 9.17) is 15.8 Å². The Kier molecular flexibility index (Phi) is 2.05. The molecule has 62 valence electrons. The van der Waals surface area contributed by atoms with E-state index < -0.39 is 0 Å². The van der Waals surface area contributed by atoms with Crippen LogP contribution >= 0.6 is 22.4 Å². The van der Waals surface area contributed by atoms with Crippen LogP contribution in [0.3, 0.4) is 0 Å². The number of rotatable bonds is 1. The van der Waals surface area contributed by atoms with E-state index in [9.17, 15) is 0 Å². The van der Waals surface area contributed by atoms with E-state index in [0.717, 1.165) is 9.72 Å². The number of fused-ring (bicyclic) bond motifs is 1. The zero-order valence-electron chi connectivity index (χ0n) is 6.58. The SMILES string of the molecule is CO[s+]1ccc2cccc(Cl)c21. The van der Waals surface area contributed by atoms with Gasteiger partial charge in [0.05, 0.1) is 7.11 Å². The average molecular weight is 200 g/mol. The molecule has 0 aliphatic rings. The van der Waals surface area contributed by atoms with Gasteiger partial charge in [-0.2, -0.15) is 4.18 Å². The van der Waals surface area contributed by atoms with Crippen LogP contribution in [0.4, 0.5) is 0 Å². The van der Waals surface area contributed by atoms with Gasteiger partial charge in [0, 0.05) is 11.5 Å². The van der Waals surface area contributed by atoms with E-state index >= 15 is 0 Å². The number of benzene rings is 1. The quantitative estimate of drug-likeness (QED) is 0.641. The third-order valence-electron chi connectivity index (χ3n) is 1.75. The highest BCUT2D eigenvalue weighted by molar-refractivity contribution is 7.31. The Morgan fingerprint density at radius 3 is 2.92 bits per heavy atom. The molecule has 3 heteroatoms. The first-order chi connectivity index (χ1) is 5.83. The molecule has 0 N–H and O–H groups in total. The van der Waals surface area contributed by atoms with Crippen molar-refractivity contribution in [3.63, 3.8) is 0 Å². The Bertz CT molecular complexity index is 408. The van der Waals surface area contributed by atoms with Crippen molar-refractivity contribution in [3.05, 3.63) is 34.7 Å². The first kappa shape index (κ1) is 8.05. The zero-order chi connectivity index (χ0) is 8.55. The fraction of sp³-hybridized carbons (Fsp3) is 0.111. The number of hydrogen-bond acceptors (Lipinski definition) is 1. The van der Waals surface area contributed by atoms with Crippen molar-refractivity contribution in [3.8, 4) is 0 Å². The van der Waals surface area contributed by atoms with Crippen LogP contribution in [-0.4, -0.2) is 7.11 Å². The van der Waals surface area contributed by atoms with Crippen molar-refractivity contribution in [2.45, 2.75) is 0 Å². The van der Waals surface area contributed by atoms with E-state index in [1.165, 1.54) is 5.39 Å². The fourth-order valence-corrected chi connectivity index (χ4v) is 2.93.